The lowest BCUT2D eigenvalue weighted by Gasteiger charge is -2.31. The van der Waals surface area contributed by atoms with Gasteiger partial charge in [0.25, 0.3) is 0 Å². The number of piperidine rings is 1. The van der Waals surface area contributed by atoms with Crippen molar-refractivity contribution in [2.24, 2.45) is 0 Å². The normalized spacial score (nSPS) is 24.1. The Hall–Kier alpha value is -1.16. The van der Waals surface area contributed by atoms with Crippen molar-refractivity contribution in [2.45, 2.75) is 32.4 Å². The molecule has 0 saturated carbocycles. The van der Waals surface area contributed by atoms with E-state index in [1.54, 1.807) is 6.20 Å². The highest BCUT2D eigenvalue weighted by molar-refractivity contribution is 5.79. The molecule has 0 aromatic carbocycles. The van der Waals surface area contributed by atoms with Gasteiger partial charge in [0, 0.05) is 31.5 Å². The molecule has 4 nitrogen and oxygen atoms in total. The molecule has 1 aliphatic heterocycles. The molecule has 0 bridgehead atoms. The van der Waals surface area contributed by atoms with Crippen LogP contribution in [0, 0.1) is 0 Å². The van der Waals surface area contributed by atoms with Crippen LogP contribution in [-0.2, 0) is 11.3 Å². The van der Waals surface area contributed by atoms with E-state index >= 15 is 0 Å². The van der Waals surface area contributed by atoms with Crippen molar-refractivity contribution in [3.63, 3.8) is 0 Å². The van der Waals surface area contributed by atoms with Crippen molar-refractivity contribution in [1.82, 2.24) is 10.1 Å². The summed E-state index contributed by atoms with van der Waals surface area (Å²) in [7, 11) is 0. The molecule has 1 atom stereocenters. The second kappa shape index (κ2) is 3.92. The summed E-state index contributed by atoms with van der Waals surface area (Å²) in [4.78, 5) is 13.4. The fourth-order valence-corrected chi connectivity index (χ4v) is 1.81. The van der Waals surface area contributed by atoms with Crippen molar-refractivity contribution < 1.29 is 9.32 Å². The summed E-state index contributed by atoms with van der Waals surface area (Å²) in [5.74, 6) is 1.23. The third kappa shape index (κ3) is 2.01. The SMILES string of the molecule is CC1CC(=O)CCN1Cc1ccno1. The number of Topliss-reactive ketones (excluding diaryl/α,β-unsaturated/α-hetero) is 1. The van der Waals surface area contributed by atoms with E-state index in [0.29, 0.717) is 24.7 Å². The summed E-state index contributed by atoms with van der Waals surface area (Å²) in [6, 6.07) is 2.18. The van der Waals surface area contributed by atoms with Crippen LogP contribution in [0.2, 0.25) is 0 Å². The van der Waals surface area contributed by atoms with Crippen molar-refractivity contribution in [2.75, 3.05) is 6.54 Å². The predicted octanol–water partition coefficient (Wildman–Crippen LogP) is 1.23. The summed E-state index contributed by atoms with van der Waals surface area (Å²) < 4.78 is 5.03. The average molecular weight is 194 g/mol. The fourth-order valence-electron chi connectivity index (χ4n) is 1.81. The van der Waals surface area contributed by atoms with Gasteiger partial charge in [0.2, 0.25) is 0 Å². The molecule has 1 aromatic rings. The van der Waals surface area contributed by atoms with Gasteiger partial charge in [-0.1, -0.05) is 5.16 Å². The van der Waals surface area contributed by atoms with Gasteiger partial charge in [0.15, 0.2) is 5.76 Å². The number of hydrogen-bond donors (Lipinski definition) is 0. The minimum Gasteiger partial charge on any atom is -0.360 e. The lowest BCUT2D eigenvalue weighted by Crippen LogP contribution is -2.40. The Morgan fingerprint density at radius 3 is 3.21 bits per heavy atom. The molecule has 1 saturated heterocycles. The lowest BCUT2D eigenvalue weighted by atomic mass is 10.0. The summed E-state index contributed by atoms with van der Waals surface area (Å²) in [5, 5.41) is 3.66. The maximum atomic E-state index is 11.2. The third-order valence-corrected chi connectivity index (χ3v) is 2.67. The molecule has 1 aliphatic rings. The van der Waals surface area contributed by atoms with E-state index in [1.807, 2.05) is 6.07 Å². The Kier molecular flexibility index (Phi) is 2.63. The van der Waals surface area contributed by atoms with Gasteiger partial charge < -0.3 is 4.52 Å². The lowest BCUT2D eigenvalue weighted by molar-refractivity contribution is -0.123. The average Bonchev–Trinajstić information content (AvgIpc) is 2.62. The predicted molar refractivity (Wildman–Crippen MR) is 50.6 cm³/mol. The highest BCUT2D eigenvalue weighted by Gasteiger charge is 2.23. The molecule has 4 heteroatoms. The molecule has 2 rings (SSSR count). The summed E-state index contributed by atoms with van der Waals surface area (Å²) >= 11 is 0. The third-order valence-electron chi connectivity index (χ3n) is 2.67. The molecule has 1 fully saturated rings. The van der Waals surface area contributed by atoms with Crippen LogP contribution >= 0.6 is 0 Å². The van der Waals surface area contributed by atoms with Gasteiger partial charge in [0.05, 0.1) is 12.7 Å². The smallest absolute Gasteiger partial charge is 0.150 e. The number of aromatic nitrogens is 1. The van der Waals surface area contributed by atoms with Crippen LogP contribution in [0.15, 0.2) is 16.8 Å². The zero-order valence-electron chi connectivity index (χ0n) is 8.27. The van der Waals surface area contributed by atoms with E-state index in [0.717, 1.165) is 18.8 Å². The standard InChI is InChI=1S/C10H14N2O2/c1-8-6-9(13)3-5-12(8)7-10-2-4-11-14-10/h2,4,8H,3,5-7H2,1H3. The van der Waals surface area contributed by atoms with Gasteiger partial charge in [0.1, 0.15) is 5.78 Å². The largest absolute Gasteiger partial charge is 0.360 e. The van der Waals surface area contributed by atoms with Crippen molar-refractivity contribution in [1.29, 1.82) is 0 Å². The number of likely N-dealkylation sites (tertiary alicyclic amines) is 1. The number of hydrogen-bond acceptors (Lipinski definition) is 4. The Labute approximate surface area is 82.9 Å². The van der Waals surface area contributed by atoms with E-state index in [9.17, 15) is 4.79 Å². The van der Waals surface area contributed by atoms with E-state index in [1.165, 1.54) is 0 Å². The molecule has 76 valence electrons. The number of carbonyl (C=O) groups excluding carboxylic acids is 1. The van der Waals surface area contributed by atoms with Crippen molar-refractivity contribution >= 4 is 5.78 Å². The zero-order valence-corrected chi connectivity index (χ0v) is 8.27. The van der Waals surface area contributed by atoms with Crippen molar-refractivity contribution in [3.8, 4) is 0 Å². The molecule has 0 radical (unpaired) electrons. The Balaban J connectivity index is 1.95. The van der Waals surface area contributed by atoms with Gasteiger partial charge in [-0.3, -0.25) is 9.69 Å². The minimum absolute atomic E-state index is 0.321. The fraction of sp³-hybridized carbons (Fsp3) is 0.600. The number of carbonyl (C=O) groups is 1. The van der Waals surface area contributed by atoms with E-state index in [2.05, 4.69) is 17.0 Å². The van der Waals surface area contributed by atoms with Crippen LogP contribution in [0.4, 0.5) is 0 Å². The minimum atomic E-state index is 0.321. The molecule has 14 heavy (non-hydrogen) atoms. The first-order chi connectivity index (χ1) is 6.75. The monoisotopic (exact) mass is 194 g/mol. The van der Waals surface area contributed by atoms with E-state index < -0.39 is 0 Å². The molecular weight excluding hydrogens is 180 g/mol. The maximum Gasteiger partial charge on any atom is 0.150 e. The second-order valence-electron chi connectivity index (χ2n) is 3.79. The Morgan fingerprint density at radius 2 is 2.57 bits per heavy atom. The summed E-state index contributed by atoms with van der Waals surface area (Å²) in [6.07, 6.45) is 2.97. The van der Waals surface area contributed by atoms with Gasteiger partial charge in [-0.15, -0.1) is 0 Å². The summed E-state index contributed by atoms with van der Waals surface area (Å²) in [5.41, 5.74) is 0. The van der Waals surface area contributed by atoms with E-state index in [-0.39, 0.29) is 0 Å². The highest BCUT2D eigenvalue weighted by Crippen LogP contribution is 2.16. The molecule has 1 unspecified atom stereocenters. The second-order valence-corrected chi connectivity index (χ2v) is 3.79. The quantitative estimate of drug-likeness (QED) is 0.710. The van der Waals surface area contributed by atoms with Gasteiger partial charge in [-0.2, -0.15) is 0 Å². The number of ketones is 1. The van der Waals surface area contributed by atoms with Crippen LogP contribution < -0.4 is 0 Å². The molecule has 0 aliphatic carbocycles. The van der Waals surface area contributed by atoms with Gasteiger partial charge in [-0.05, 0) is 6.92 Å². The molecule has 0 amide bonds. The maximum absolute atomic E-state index is 11.2. The molecule has 1 aromatic heterocycles. The Bertz CT molecular complexity index is 308. The van der Waals surface area contributed by atoms with Crippen LogP contribution in [0.1, 0.15) is 25.5 Å². The number of nitrogens with zero attached hydrogens (tertiary/aromatic N) is 2. The summed E-state index contributed by atoms with van der Waals surface area (Å²) in [6.45, 7) is 3.67. The molecule has 0 spiro atoms. The van der Waals surface area contributed by atoms with Gasteiger partial charge in [-0.25, -0.2) is 0 Å². The molecule has 0 N–H and O–H groups in total. The van der Waals surface area contributed by atoms with Crippen molar-refractivity contribution in [3.05, 3.63) is 18.0 Å². The topological polar surface area (TPSA) is 46.3 Å². The first-order valence-electron chi connectivity index (χ1n) is 4.91. The van der Waals surface area contributed by atoms with E-state index in [4.69, 9.17) is 4.52 Å². The van der Waals surface area contributed by atoms with Crippen LogP contribution in [0.3, 0.4) is 0 Å². The van der Waals surface area contributed by atoms with Crippen LogP contribution in [-0.4, -0.2) is 28.4 Å². The molecular formula is C10H14N2O2. The first-order valence-corrected chi connectivity index (χ1v) is 4.91. The first kappa shape index (κ1) is 9.40. The highest BCUT2D eigenvalue weighted by atomic mass is 16.5. The zero-order chi connectivity index (χ0) is 9.97. The van der Waals surface area contributed by atoms with Gasteiger partial charge >= 0.3 is 0 Å². The van der Waals surface area contributed by atoms with Crippen LogP contribution in [0.5, 0.6) is 0 Å². The van der Waals surface area contributed by atoms with Crippen LogP contribution in [0.25, 0.3) is 0 Å². The molecule has 2 heterocycles. The number of rotatable bonds is 2. The Morgan fingerprint density at radius 1 is 1.71 bits per heavy atom.